The molecule has 5 heteroatoms. The first-order valence-electron chi connectivity index (χ1n) is 7.52. The van der Waals surface area contributed by atoms with Crippen LogP contribution in [0, 0.1) is 6.92 Å². The number of carbonyl (C=O) groups excluding carboxylic acids is 2. The Morgan fingerprint density at radius 3 is 2.22 bits per heavy atom. The Bertz CT molecular complexity index is 752. The van der Waals surface area contributed by atoms with Crippen LogP contribution in [0.4, 0.5) is 5.69 Å². The normalized spacial score (nSPS) is 13.5. The van der Waals surface area contributed by atoms with Gasteiger partial charge in [-0.3, -0.25) is 9.59 Å². The SMILES string of the molecule is Cc1c(Cl)cccc1NC(=O)c1ccc(C(=O)NC2CC2)cc1. The topological polar surface area (TPSA) is 58.2 Å². The van der Waals surface area contributed by atoms with Crippen LogP contribution in [-0.4, -0.2) is 17.9 Å². The summed E-state index contributed by atoms with van der Waals surface area (Å²) < 4.78 is 0. The second-order valence-corrected chi connectivity index (χ2v) is 6.10. The number of anilines is 1. The van der Waals surface area contributed by atoms with Crippen molar-refractivity contribution in [3.63, 3.8) is 0 Å². The monoisotopic (exact) mass is 328 g/mol. The summed E-state index contributed by atoms with van der Waals surface area (Å²) in [5.41, 5.74) is 2.56. The number of nitrogens with one attached hydrogen (secondary N) is 2. The van der Waals surface area contributed by atoms with Gasteiger partial charge in [-0.25, -0.2) is 0 Å². The molecule has 0 saturated heterocycles. The molecule has 2 amide bonds. The molecule has 0 bridgehead atoms. The lowest BCUT2D eigenvalue weighted by atomic mass is 10.1. The minimum Gasteiger partial charge on any atom is -0.349 e. The van der Waals surface area contributed by atoms with Gasteiger partial charge < -0.3 is 10.6 Å². The van der Waals surface area contributed by atoms with Crippen LogP contribution in [0.1, 0.15) is 39.1 Å². The Labute approximate surface area is 139 Å². The molecule has 4 nitrogen and oxygen atoms in total. The zero-order chi connectivity index (χ0) is 16.4. The van der Waals surface area contributed by atoms with Gasteiger partial charge in [0, 0.05) is 27.9 Å². The van der Waals surface area contributed by atoms with Crippen molar-refractivity contribution >= 4 is 29.1 Å². The van der Waals surface area contributed by atoms with Crippen molar-refractivity contribution in [3.8, 4) is 0 Å². The van der Waals surface area contributed by atoms with E-state index in [-0.39, 0.29) is 11.8 Å². The van der Waals surface area contributed by atoms with Crippen molar-refractivity contribution in [2.24, 2.45) is 0 Å². The summed E-state index contributed by atoms with van der Waals surface area (Å²) in [5, 5.41) is 6.36. The fourth-order valence-electron chi connectivity index (χ4n) is 2.21. The number of benzene rings is 2. The summed E-state index contributed by atoms with van der Waals surface area (Å²) in [6.07, 6.45) is 2.09. The van der Waals surface area contributed by atoms with E-state index in [1.54, 1.807) is 42.5 Å². The van der Waals surface area contributed by atoms with Crippen molar-refractivity contribution in [1.82, 2.24) is 5.32 Å². The molecule has 23 heavy (non-hydrogen) atoms. The molecule has 2 aromatic carbocycles. The molecule has 3 rings (SSSR count). The van der Waals surface area contributed by atoms with E-state index >= 15 is 0 Å². The fourth-order valence-corrected chi connectivity index (χ4v) is 2.38. The highest BCUT2D eigenvalue weighted by Crippen LogP contribution is 2.23. The van der Waals surface area contributed by atoms with Gasteiger partial charge in [-0.15, -0.1) is 0 Å². The van der Waals surface area contributed by atoms with Gasteiger partial charge in [-0.05, 0) is 61.7 Å². The second kappa shape index (κ2) is 6.42. The Morgan fingerprint density at radius 1 is 1.00 bits per heavy atom. The summed E-state index contributed by atoms with van der Waals surface area (Å²) in [5.74, 6) is -0.324. The quantitative estimate of drug-likeness (QED) is 0.897. The molecule has 0 spiro atoms. The fraction of sp³-hybridized carbons (Fsp3) is 0.222. The highest BCUT2D eigenvalue weighted by Gasteiger charge is 2.23. The molecule has 0 atom stereocenters. The van der Waals surface area contributed by atoms with Crippen molar-refractivity contribution in [2.75, 3.05) is 5.32 Å². The molecule has 2 N–H and O–H groups in total. The van der Waals surface area contributed by atoms with E-state index in [2.05, 4.69) is 10.6 Å². The van der Waals surface area contributed by atoms with E-state index in [1.807, 2.05) is 6.92 Å². The first-order chi connectivity index (χ1) is 11.0. The molecule has 2 aromatic rings. The zero-order valence-electron chi connectivity index (χ0n) is 12.7. The second-order valence-electron chi connectivity index (χ2n) is 5.69. The van der Waals surface area contributed by atoms with Crippen molar-refractivity contribution < 1.29 is 9.59 Å². The van der Waals surface area contributed by atoms with Crippen LogP contribution in [-0.2, 0) is 0 Å². The lowest BCUT2D eigenvalue weighted by Crippen LogP contribution is -2.25. The smallest absolute Gasteiger partial charge is 0.255 e. The Kier molecular flexibility index (Phi) is 4.35. The number of amides is 2. The first kappa shape index (κ1) is 15.6. The van der Waals surface area contributed by atoms with Crippen LogP contribution in [0.5, 0.6) is 0 Å². The molecule has 0 aliphatic heterocycles. The molecule has 1 fully saturated rings. The number of rotatable bonds is 4. The highest BCUT2D eigenvalue weighted by atomic mass is 35.5. The molecule has 0 unspecified atom stereocenters. The third kappa shape index (κ3) is 3.71. The predicted octanol–water partition coefficient (Wildman–Crippen LogP) is 3.79. The molecule has 1 saturated carbocycles. The standard InChI is InChI=1S/C18H17ClN2O2/c1-11-15(19)3-2-4-16(11)21-18(23)13-7-5-12(6-8-13)17(22)20-14-9-10-14/h2-8,14H,9-10H2,1H3,(H,20,22)(H,21,23). The molecule has 0 radical (unpaired) electrons. The van der Waals surface area contributed by atoms with Gasteiger partial charge in [-0.2, -0.15) is 0 Å². The maximum Gasteiger partial charge on any atom is 0.255 e. The number of hydrogen-bond acceptors (Lipinski definition) is 2. The Balaban J connectivity index is 1.69. The lowest BCUT2D eigenvalue weighted by molar-refractivity contribution is 0.0949. The van der Waals surface area contributed by atoms with Crippen molar-refractivity contribution in [2.45, 2.75) is 25.8 Å². The van der Waals surface area contributed by atoms with Crippen molar-refractivity contribution in [1.29, 1.82) is 0 Å². The van der Waals surface area contributed by atoms with E-state index in [1.165, 1.54) is 0 Å². The van der Waals surface area contributed by atoms with E-state index in [0.29, 0.717) is 27.9 Å². The van der Waals surface area contributed by atoms with Gasteiger partial charge in [0.2, 0.25) is 0 Å². The maximum absolute atomic E-state index is 12.3. The largest absolute Gasteiger partial charge is 0.349 e. The molecule has 0 aromatic heterocycles. The van der Waals surface area contributed by atoms with Crippen LogP contribution < -0.4 is 10.6 Å². The minimum atomic E-state index is -0.232. The van der Waals surface area contributed by atoms with Crippen LogP contribution in [0.15, 0.2) is 42.5 Å². The predicted molar refractivity (Wildman–Crippen MR) is 91.1 cm³/mol. The average Bonchev–Trinajstić information content (AvgIpc) is 3.36. The first-order valence-corrected chi connectivity index (χ1v) is 7.90. The summed E-state index contributed by atoms with van der Waals surface area (Å²) >= 11 is 6.05. The van der Waals surface area contributed by atoms with Crippen molar-refractivity contribution in [3.05, 3.63) is 64.2 Å². The van der Waals surface area contributed by atoms with Crippen LogP contribution in [0.3, 0.4) is 0 Å². The summed E-state index contributed by atoms with van der Waals surface area (Å²) in [6.45, 7) is 1.85. The highest BCUT2D eigenvalue weighted by molar-refractivity contribution is 6.31. The zero-order valence-corrected chi connectivity index (χ0v) is 13.5. The summed E-state index contributed by atoms with van der Waals surface area (Å²) in [6, 6.07) is 12.3. The summed E-state index contributed by atoms with van der Waals surface area (Å²) in [7, 11) is 0. The van der Waals surface area contributed by atoms with E-state index in [4.69, 9.17) is 11.6 Å². The Morgan fingerprint density at radius 2 is 1.61 bits per heavy atom. The van der Waals surface area contributed by atoms with E-state index < -0.39 is 0 Å². The van der Waals surface area contributed by atoms with E-state index in [9.17, 15) is 9.59 Å². The van der Waals surface area contributed by atoms with Crippen LogP contribution in [0.25, 0.3) is 0 Å². The molecule has 1 aliphatic carbocycles. The van der Waals surface area contributed by atoms with Gasteiger partial charge in [0.25, 0.3) is 11.8 Å². The number of hydrogen-bond donors (Lipinski definition) is 2. The average molecular weight is 329 g/mol. The van der Waals surface area contributed by atoms with Gasteiger partial charge >= 0.3 is 0 Å². The molecular weight excluding hydrogens is 312 g/mol. The van der Waals surface area contributed by atoms with Gasteiger partial charge in [0.05, 0.1) is 0 Å². The maximum atomic E-state index is 12.3. The summed E-state index contributed by atoms with van der Waals surface area (Å²) in [4.78, 5) is 24.2. The minimum absolute atomic E-state index is 0.0925. The molecular formula is C18H17ClN2O2. The molecule has 118 valence electrons. The van der Waals surface area contributed by atoms with Gasteiger partial charge in [0.1, 0.15) is 0 Å². The van der Waals surface area contributed by atoms with E-state index in [0.717, 1.165) is 18.4 Å². The third-order valence-corrected chi connectivity index (χ3v) is 4.25. The third-order valence-electron chi connectivity index (χ3n) is 3.84. The van der Waals surface area contributed by atoms with Gasteiger partial charge in [-0.1, -0.05) is 17.7 Å². The number of carbonyl (C=O) groups is 2. The van der Waals surface area contributed by atoms with Crippen LogP contribution in [0.2, 0.25) is 5.02 Å². The van der Waals surface area contributed by atoms with Gasteiger partial charge in [0.15, 0.2) is 0 Å². The Hall–Kier alpha value is -2.33. The lowest BCUT2D eigenvalue weighted by Gasteiger charge is -2.10. The molecule has 1 aliphatic rings. The number of halogens is 1. The van der Waals surface area contributed by atoms with Crippen LogP contribution >= 0.6 is 11.6 Å². The molecule has 0 heterocycles.